The van der Waals surface area contributed by atoms with Gasteiger partial charge < -0.3 is 14.6 Å². The number of aryl methyl sites for hydroxylation is 1. The Labute approximate surface area is 122 Å². The predicted octanol–water partition coefficient (Wildman–Crippen LogP) is 3.08. The normalized spacial score (nSPS) is 16.1. The summed E-state index contributed by atoms with van der Waals surface area (Å²) in [5, 5.41) is 8.94. The van der Waals surface area contributed by atoms with Crippen molar-refractivity contribution in [1.82, 2.24) is 0 Å². The van der Waals surface area contributed by atoms with Gasteiger partial charge in [0.1, 0.15) is 24.2 Å². The van der Waals surface area contributed by atoms with Gasteiger partial charge in [-0.25, -0.2) is 4.79 Å². The summed E-state index contributed by atoms with van der Waals surface area (Å²) in [6, 6.07) is 12.8. The lowest BCUT2D eigenvalue weighted by atomic mass is 10.1. The van der Waals surface area contributed by atoms with Crippen LogP contribution in [0.15, 0.2) is 42.5 Å². The van der Waals surface area contributed by atoms with Gasteiger partial charge in [0.25, 0.3) is 0 Å². The van der Waals surface area contributed by atoms with E-state index < -0.39 is 5.97 Å². The summed E-state index contributed by atoms with van der Waals surface area (Å²) < 4.78 is 11.6. The Hall–Kier alpha value is -2.49. The molecule has 2 aromatic rings. The second-order valence-electron chi connectivity index (χ2n) is 5.15. The van der Waals surface area contributed by atoms with Gasteiger partial charge in [0.05, 0.1) is 5.56 Å². The van der Waals surface area contributed by atoms with Crippen LogP contribution in [0.4, 0.5) is 0 Å². The van der Waals surface area contributed by atoms with E-state index in [0.717, 1.165) is 17.7 Å². The van der Waals surface area contributed by atoms with Gasteiger partial charge in [-0.05, 0) is 42.3 Å². The molecule has 2 aromatic carbocycles. The molecule has 0 radical (unpaired) electrons. The average Bonchev–Trinajstić information content (AvgIpc) is 2.88. The van der Waals surface area contributed by atoms with Crippen LogP contribution in [-0.4, -0.2) is 23.8 Å². The summed E-state index contributed by atoms with van der Waals surface area (Å²) in [4.78, 5) is 10.9. The number of fused-ring (bicyclic) bond motifs is 1. The average molecular weight is 284 g/mol. The number of hydrogen-bond donors (Lipinski definition) is 1. The maximum Gasteiger partial charge on any atom is 0.335 e. The van der Waals surface area contributed by atoms with Gasteiger partial charge in [0, 0.05) is 6.42 Å². The summed E-state index contributed by atoms with van der Waals surface area (Å²) in [5.74, 6) is 0.683. The van der Waals surface area contributed by atoms with E-state index in [9.17, 15) is 4.79 Å². The summed E-state index contributed by atoms with van der Waals surface area (Å²) in [6.45, 7) is 2.29. The topological polar surface area (TPSA) is 55.8 Å². The maximum atomic E-state index is 10.9. The molecule has 1 N–H and O–H groups in total. The molecule has 1 aliphatic rings. The molecule has 108 valence electrons. The van der Waals surface area contributed by atoms with Crippen molar-refractivity contribution in [1.29, 1.82) is 0 Å². The fourth-order valence-electron chi connectivity index (χ4n) is 2.47. The molecule has 0 fully saturated rings. The number of rotatable bonds is 4. The van der Waals surface area contributed by atoms with Gasteiger partial charge in [0.15, 0.2) is 0 Å². The minimum absolute atomic E-state index is 0.000880. The van der Waals surface area contributed by atoms with E-state index in [1.54, 1.807) is 18.2 Å². The number of carboxylic acids is 1. The van der Waals surface area contributed by atoms with Gasteiger partial charge in [-0.1, -0.05) is 18.2 Å². The van der Waals surface area contributed by atoms with Crippen LogP contribution in [0.3, 0.4) is 0 Å². The molecule has 1 aliphatic heterocycles. The largest absolute Gasteiger partial charge is 0.489 e. The fourth-order valence-corrected chi connectivity index (χ4v) is 2.47. The van der Waals surface area contributed by atoms with Crippen molar-refractivity contribution in [3.63, 3.8) is 0 Å². The Bertz CT molecular complexity index is 653. The molecule has 21 heavy (non-hydrogen) atoms. The van der Waals surface area contributed by atoms with Crippen LogP contribution in [0, 0.1) is 6.92 Å². The van der Waals surface area contributed by atoms with Gasteiger partial charge in [-0.15, -0.1) is 0 Å². The quantitative estimate of drug-likeness (QED) is 0.937. The van der Waals surface area contributed by atoms with Gasteiger partial charge in [0.2, 0.25) is 0 Å². The van der Waals surface area contributed by atoms with E-state index in [1.807, 2.05) is 25.1 Å². The Morgan fingerprint density at radius 3 is 2.86 bits per heavy atom. The highest BCUT2D eigenvalue weighted by molar-refractivity contribution is 5.88. The Balaban J connectivity index is 1.63. The van der Waals surface area contributed by atoms with Crippen molar-refractivity contribution in [2.24, 2.45) is 0 Å². The van der Waals surface area contributed by atoms with Crippen LogP contribution in [0.2, 0.25) is 0 Å². The lowest BCUT2D eigenvalue weighted by Gasteiger charge is -2.14. The third-order valence-electron chi connectivity index (χ3n) is 3.56. The zero-order valence-corrected chi connectivity index (χ0v) is 11.7. The highest BCUT2D eigenvalue weighted by Gasteiger charge is 2.23. The smallest absolute Gasteiger partial charge is 0.335 e. The SMILES string of the molecule is Cc1cc(C(=O)O)ccc1OCC1Cc2ccccc2O1. The first kappa shape index (κ1) is 13.5. The zero-order valence-electron chi connectivity index (χ0n) is 11.7. The highest BCUT2D eigenvalue weighted by Crippen LogP contribution is 2.29. The molecule has 4 heteroatoms. The van der Waals surface area contributed by atoms with Crippen molar-refractivity contribution >= 4 is 5.97 Å². The third-order valence-corrected chi connectivity index (χ3v) is 3.56. The molecule has 0 bridgehead atoms. The number of ether oxygens (including phenoxy) is 2. The first-order valence-corrected chi connectivity index (χ1v) is 6.85. The Kier molecular flexibility index (Phi) is 3.52. The number of carboxylic acid groups (broad SMARTS) is 1. The predicted molar refractivity (Wildman–Crippen MR) is 78.2 cm³/mol. The lowest BCUT2D eigenvalue weighted by molar-refractivity contribution is 0.0696. The minimum atomic E-state index is -0.931. The molecule has 1 unspecified atom stereocenters. The summed E-state index contributed by atoms with van der Waals surface area (Å²) in [6.07, 6.45) is 0.837. The lowest BCUT2D eigenvalue weighted by Crippen LogP contribution is -2.22. The fraction of sp³-hybridized carbons (Fsp3) is 0.235. The van der Waals surface area contributed by atoms with Crippen LogP contribution in [0.5, 0.6) is 11.5 Å². The number of hydrogen-bond acceptors (Lipinski definition) is 3. The second-order valence-corrected chi connectivity index (χ2v) is 5.15. The molecule has 0 saturated carbocycles. The Morgan fingerprint density at radius 2 is 2.14 bits per heavy atom. The molecule has 0 spiro atoms. The molecular formula is C17H16O4. The molecule has 3 rings (SSSR count). The first-order valence-electron chi connectivity index (χ1n) is 6.85. The van der Waals surface area contributed by atoms with Crippen LogP contribution >= 0.6 is 0 Å². The van der Waals surface area contributed by atoms with Gasteiger partial charge in [-0.2, -0.15) is 0 Å². The number of aromatic carboxylic acids is 1. The van der Waals surface area contributed by atoms with Crippen LogP contribution < -0.4 is 9.47 Å². The molecule has 4 nitrogen and oxygen atoms in total. The van der Waals surface area contributed by atoms with E-state index in [4.69, 9.17) is 14.6 Å². The second kappa shape index (κ2) is 5.48. The zero-order chi connectivity index (χ0) is 14.8. The summed E-state index contributed by atoms with van der Waals surface area (Å²) in [5.41, 5.74) is 2.28. The molecule has 1 atom stereocenters. The van der Waals surface area contributed by atoms with E-state index in [-0.39, 0.29) is 11.7 Å². The standard InChI is InChI=1S/C17H16O4/c1-11-8-13(17(18)19)6-7-15(11)20-10-14-9-12-4-2-3-5-16(12)21-14/h2-8,14H,9-10H2,1H3,(H,18,19). The molecule has 0 amide bonds. The van der Waals surface area contributed by atoms with E-state index in [2.05, 4.69) is 6.07 Å². The summed E-state index contributed by atoms with van der Waals surface area (Å²) >= 11 is 0. The minimum Gasteiger partial charge on any atom is -0.489 e. The monoisotopic (exact) mass is 284 g/mol. The number of benzene rings is 2. The van der Waals surface area contributed by atoms with Crippen molar-refractivity contribution in [2.75, 3.05) is 6.61 Å². The molecule has 1 heterocycles. The number of carbonyl (C=O) groups is 1. The van der Waals surface area contributed by atoms with Crippen LogP contribution in [0.25, 0.3) is 0 Å². The Morgan fingerprint density at radius 1 is 1.33 bits per heavy atom. The molecule has 0 aromatic heterocycles. The molecule has 0 saturated heterocycles. The van der Waals surface area contributed by atoms with Crippen molar-refractivity contribution in [2.45, 2.75) is 19.4 Å². The van der Waals surface area contributed by atoms with Crippen LogP contribution in [-0.2, 0) is 6.42 Å². The van der Waals surface area contributed by atoms with Crippen molar-refractivity contribution in [3.05, 3.63) is 59.2 Å². The third kappa shape index (κ3) is 2.84. The summed E-state index contributed by atoms with van der Waals surface area (Å²) in [7, 11) is 0. The van der Waals surface area contributed by atoms with Gasteiger partial charge in [-0.3, -0.25) is 0 Å². The van der Waals surface area contributed by atoms with Crippen LogP contribution in [0.1, 0.15) is 21.5 Å². The highest BCUT2D eigenvalue weighted by atomic mass is 16.5. The maximum absolute atomic E-state index is 10.9. The van der Waals surface area contributed by atoms with Gasteiger partial charge >= 0.3 is 5.97 Å². The molecular weight excluding hydrogens is 268 g/mol. The van der Waals surface area contributed by atoms with Crippen molar-refractivity contribution < 1.29 is 19.4 Å². The van der Waals surface area contributed by atoms with E-state index >= 15 is 0 Å². The van der Waals surface area contributed by atoms with E-state index in [1.165, 1.54) is 5.56 Å². The molecule has 0 aliphatic carbocycles. The van der Waals surface area contributed by atoms with E-state index in [0.29, 0.717) is 12.4 Å². The number of para-hydroxylation sites is 1. The first-order chi connectivity index (χ1) is 10.1. The van der Waals surface area contributed by atoms with Crippen molar-refractivity contribution in [3.8, 4) is 11.5 Å².